The van der Waals surface area contributed by atoms with E-state index >= 15 is 0 Å². The second-order valence-electron chi connectivity index (χ2n) is 4.90. The summed E-state index contributed by atoms with van der Waals surface area (Å²) < 4.78 is 18.0. The van der Waals surface area contributed by atoms with Crippen LogP contribution in [-0.4, -0.2) is 27.7 Å². The van der Waals surface area contributed by atoms with Gasteiger partial charge in [-0.1, -0.05) is 5.16 Å². The summed E-state index contributed by atoms with van der Waals surface area (Å²) in [5, 5.41) is 7.40. The van der Waals surface area contributed by atoms with Crippen LogP contribution in [0.25, 0.3) is 11.6 Å². The molecule has 0 radical (unpaired) electrons. The van der Waals surface area contributed by atoms with Crippen molar-refractivity contribution in [3.05, 3.63) is 30.0 Å². The Hall–Kier alpha value is -1.82. The maximum atomic E-state index is 12.8. The van der Waals surface area contributed by atoms with Gasteiger partial charge in [-0.2, -0.15) is 4.98 Å². The van der Waals surface area contributed by atoms with Gasteiger partial charge in [0.05, 0.1) is 6.20 Å². The van der Waals surface area contributed by atoms with Crippen molar-refractivity contribution in [2.24, 2.45) is 0 Å². The highest BCUT2D eigenvalue weighted by Crippen LogP contribution is 2.24. The molecule has 0 bridgehead atoms. The smallest absolute Gasteiger partial charge is 0.276 e. The number of nitrogens with zero attached hydrogens (tertiary/aromatic N) is 3. The Kier molecular flexibility index (Phi) is 3.25. The fourth-order valence-corrected chi connectivity index (χ4v) is 2.23. The molecule has 19 heavy (non-hydrogen) atoms. The van der Waals surface area contributed by atoms with Gasteiger partial charge in [-0.15, -0.1) is 0 Å². The molecule has 0 aliphatic carbocycles. The van der Waals surface area contributed by atoms with E-state index in [1.807, 2.05) is 0 Å². The zero-order chi connectivity index (χ0) is 13.2. The van der Waals surface area contributed by atoms with Crippen LogP contribution in [0.5, 0.6) is 0 Å². The summed E-state index contributed by atoms with van der Waals surface area (Å²) in [4.78, 5) is 8.29. The van der Waals surface area contributed by atoms with Gasteiger partial charge in [-0.05, 0) is 31.9 Å². The second-order valence-corrected chi connectivity index (χ2v) is 4.90. The monoisotopic (exact) mass is 262 g/mol. The van der Waals surface area contributed by atoms with Crippen LogP contribution in [0, 0.1) is 5.82 Å². The summed E-state index contributed by atoms with van der Waals surface area (Å²) in [6.45, 7) is 3.03. The van der Waals surface area contributed by atoms with Crippen molar-refractivity contribution in [2.75, 3.05) is 6.54 Å². The second kappa shape index (κ2) is 5.05. The van der Waals surface area contributed by atoms with E-state index in [4.69, 9.17) is 4.52 Å². The average Bonchev–Trinajstić information content (AvgIpc) is 2.90. The van der Waals surface area contributed by atoms with Crippen molar-refractivity contribution in [1.29, 1.82) is 0 Å². The summed E-state index contributed by atoms with van der Waals surface area (Å²) in [6.07, 6.45) is 3.29. The molecule has 1 fully saturated rings. The minimum atomic E-state index is -0.381. The van der Waals surface area contributed by atoms with Crippen LogP contribution in [0.15, 0.2) is 22.9 Å². The number of hydrogen-bond acceptors (Lipinski definition) is 5. The van der Waals surface area contributed by atoms with E-state index in [2.05, 4.69) is 27.4 Å². The molecule has 5 nitrogen and oxygen atoms in total. The third kappa shape index (κ3) is 2.63. The van der Waals surface area contributed by atoms with Gasteiger partial charge in [0.1, 0.15) is 11.5 Å². The van der Waals surface area contributed by atoms with E-state index in [1.54, 1.807) is 0 Å². The van der Waals surface area contributed by atoms with E-state index in [0.29, 0.717) is 23.5 Å². The Morgan fingerprint density at radius 3 is 2.95 bits per heavy atom. The first-order valence-electron chi connectivity index (χ1n) is 6.41. The first-order chi connectivity index (χ1) is 9.22. The number of pyridine rings is 1. The van der Waals surface area contributed by atoms with Gasteiger partial charge in [0.2, 0.25) is 0 Å². The lowest BCUT2D eigenvalue weighted by Gasteiger charge is -2.25. The van der Waals surface area contributed by atoms with Crippen molar-refractivity contribution in [1.82, 2.24) is 20.4 Å². The molecule has 3 rings (SSSR count). The zero-order valence-corrected chi connectivity index (χ0v) is 10.6. The number of piperidine rings is 1. The lowest BCUT2D eigenvalue weighted by Crippen LogP contribution is -2.36. The Labute approximate surface area is 110 Å². The van der Waals surface area contributed by atoms with Gasteiger partial charge in [-0.25, -0.2) is 9.37 Å². The Balaban J connectivity index is 1.77. The van der Waals surface area contributed by atoms with Crippen LogP contribution in [0.1, 0.15) is 31.5 Å². The molecule has 0 spiro atoms. The summed E-state index contributed by atoms with van der Waals surface area (Å²) >= 11 is 0. The predicted molar refractivity (Wildman–Crippen MR) is 66.9 cm³/mol. The van der Waals surface area contributed by atoms with Crippen LogP contribution in [0.2, 0.25) is 0 Å². The molecule has 2 unspecified atom stereocenters. The Morgan fingerprint density at radius 2 is 2.26 bits per heavy atom. The van der Waals surface area contributed by atoms with E-state index in [1.165, 1.54) is 12.1 Å². The molecule has 2 aromatic rings. The van der Waals surface area contributed by atoms with Gasteiger partial charge < -0.3 is 9.84 Å². The van der Waals surface area contributed by atoms with Crippen LogP contribution in [0.3, 0.4) is 0 Å². The summed E-state index contributed by atoms with van der Waals surface area (Å²) in [5.74, 6) is 0.928. The standard InChI is InChI=1S/C13H15FN4O/c1-8-2-3-9(6-15-8)12-17-13(19-18-12)11-5-4-10(14)7-16-11/h4-5,7-9,15H,2-3,6H2,1H3. The van der Waals surface area contributed by atoms with Crippen molar-refractivity contribution >= 4 is 0 Å². The molecule has 2 atom stereocenters. The maximum absolute atomic E-state index is 12.8. The Bertz CT molecular complexity index is 546. The average molecular weight is 262 g/mol. The minimum Gasteiger partial charge on any atom is -0.332 e. The lowest BCUT2D eigenvalue weighted by atomic mass is 9.95. The molecule has 0 amide bonds. The van der Waals surface area contributed by atoms with Gasteiger partial charge in [-0.3, -0.25) is 0 Å². The molecule has 0 saturated carbocycles. The molecule has 3 heterocycles. The summed E-state index contributed by atoms with van der Waals surface area (Å²) in [5.41, 5.74) is 0.497. The normalized spacial score (nSPS) is 23.5. The predicted octanol–water partition coefficient (Wildman–Crippen LogP) is 2.13. The van der Waals surface area contributed by atoms with Gasteiger partial charge in [0.15, 0.2) is 5.82 Å². The van der Waals surface area contributed by atoms with Crippen LogP contribution in [-0.2, 0) is 0 Å². The van der Waals surface area contributed by atoms with Crippen LogP contribution >= 0.6 is 0 Å². The molecule has 1 aliphatic rings. The molecular formula is C13H15FN4O. The highest BCUT2D eigenvalue weighted by molar-refractivity contribution is 5.45. The summed E-state index contributed by atoms with van der Waals surface area (Å²) in [6, 6.07) is 3.41. The van der Waals surface area contributed by atoms with Crippen molar-refractivity contribution in [2.45, 2.75) is 31.7 Å². The van der Waals surface area contributed by atoms with Gasteiger partial charge in [0.25, 0.3) is 5.89 Å². The van der Waals surface area contributed by atoms with E-state index in [0.717, 1.165) is 25.6 Å². The fourth-order valence-electron chi connectivity index (χ4n) is 2.23. The number of nitrogens with one attached hydrogen (secondary N) is 1. The number of rotatable bonds is 2. The molecule has 1 saturated heterocycles. The first kappa shape index (κ1) is 12.2. The third-order valence-corrected chi connectivity index (χ3v) is 3.41. The molecule has 6 heteroatoms. The highest BCUT2D eigenvalue weighted by atomic mass is 19.1. The van der Waals surface area contributed by atoms with Crippen LogP contribution < -0.4 is 5.32 Å². The van der Waals surface area contributed by atoms with Crippen molar-refractivity contribution < 1.29 is 8.91 Å². The highest BCUT2D eigenvalue weighted by Gasteiger charge is 2.24. The topological polar surface area (TPSA) is 63.8 Å². The first-order valence-corrected chi connectivity index (χ1v) is 6.41. The lowest BCUT2D eigenvalue weighted by molar-refractivity contribution is 0.357. The fraction of sp³-hybridized carbons (Fsp3) is 0.462. The van der Waals surface area contributed by atoms with Crippen LogP contribution in [0.4, 0.5) is 4.39 Å². The minimum absolute atomic E-state index is 0.272. The van der Waals surface area contributed by atoms with Crippen molar-refractivity contribution in [3.63, 3.8) is 0 Å². The van der Waals surface area contributed by atoms with Gasteiger partial charge in [0, 0.05) is 18.5 Å². The SMILES string of the molecule is CC1CCC(c2noc(-c3ccc(F)cn3)n2)CN1. The molecule has 1 aliphatic heterocycles. The van der Waals surface area contributed by atoms with Gasteiger partial charge >= 0.3 is 0 Å². The zero-order valence-electron chi connectivity index (χ0n) is 10.6. The largest absolute Gasteiger partial charge is 0.332 e. The Morgan fingerprint density at radius 1 is 1.37 bits per heavy atom. The molecule has 1 N–H and O–H groups in total. The van der Waals surface area contributed by atoms with Crippen molar-refractivity contribution in [3.8, 4) is 11.6 Å². The molecule has 100 valence electrons. The van der Waals surface area contributed by atoms with E-state index in [-0.39, 0.29) is 11.7 Å². The quantitative estimate of drug-likeness (QED) is 0.898. The van der Waals surface area contributed by atoms with E-state index in [9.17, 15) is 4.39 Å². The number of aromatic nitrogens is 3. The summed E-state index contributed by atoms with van der Waals surface area (Å²) in [7, 11) is 0. The number of hydrogen-bond donors (Lipinski definition) is 1. The molecular weight excluding hydrogens is 247 g/mol. The van der Waals surface area contributed by atoms with E-state index < -0.39 is 0 Å². The third-order valence-electron chi connectivity index (χ3n) is 3.41. The molecule has 2 aromatic heterocycles. The molecule has 0 aromatic carbocycles. The maximum Gasteiger partial charge on any atom is 0.276 e. The number of halogens is 1.